The van der Waals surface area contributed by atoms with Gasteiger partial charge in [0.25, 0.3) is 0 Å². The van der Waals surface area contributed by atoms with Crippen LogP contribution in [-0.4, -0.2) is 5.11 Å². The van der Waals surface area contributed by atoms with Crippen LogP contribution in [0.5, 0.6) is 5.75 Å². The molecule has 0 unspecified atom stereocenters. The number of fused-ring (bicyclic) bond motifs is 1. The summed E-state index contributed by atoms with van der Waals surface area (Å²) in [5, 5.41) is 11.9. The van der Waals surface area contributed by atoms with Gasteiger partial charge in [-0.05, 0) is 29.9 Å². The van der Waals surface area contributed by atoms with E-state index in [2.05, 4.69) is 13.0 Å². The number of nitrogen functional groups attached to an aromatic ring is 1. The molecule has 3 N–H and O–H groups in total. The fourth-order valence-electron chi connectivity index (χ4n) is 2.21. The van der Waals surface area contributed by atoms with Gasteiger partial charge in [0.15, 0.2) is 0 Å². The van der Waals surface area contributed by atoms with Crippen LogP contribution in [0.1, 0.15) is 31.7 Å². The van der Waals surface area contributed by atoms with Crippen LogP contribution in [0.2, 0.25) is 0 Å². The number of aromatic hydroxyl groups is 1. The van der Waals surface area contributed by atoms with Gasteiger partial charge in [-0.25, -0.2) is 0 Å². The lowest BCUT2D eigenvalue weighted by Crippen LogP contribution is -1.91. The summed E-state index contributed by atoms with van der Waals surface area (Å²) in [5.74, 6) is 0.208. The van der Waals surface area contributed by atoms with Crippen molar-refractivity contribution in [3.05, 3.63) is 35.9 Å². The van der Waals surface area contributed by atoms with Crippen LogP contribution in [-0.2, 0) is 6.42 Å². The third-order valence-corrected chi connectivity index (χ3v) is 3.20. The van der Waals surface area contributed by atoms with Crippen LogP contribution in [0.3, 0.4) is 0 Å². The largest absolute Gasteiger partial charge is 0.505 e. The molecule has 0 saturated carbocycles. The highest BCUT2D eigenvalue weighted by molar-refractivity contribution is 5.94. The quantitative estimate of drug-likeness (QED) is 0.475. The van der Waals surface area contributed by atoms with Gasteiger partial charge in [-0.3, -0.25) is 0 Å². The normalized spacial score (nSPS) is 10.9. The van der Waals surface area contributed by atoms with E-state index in [1.165, 1.54) is 24.8 Å². The maximum Gasteiger partial charge on any atom is 0.146 e. The lowest BCUT2D eigenvalue weighted by molar-refractivity contribution is 0.484. The highest BCUT2D eigenvalue weighted by atomic mass is 16.3. The topological polar surface area (TPSA) is 46.2 Å². The van der Waals surface area contributed by atoms with E-state index in [1.807, 2.05) is 18.2 Å². The Morgan fingerprint density at radius 2 is 1.88 bits per heavy atom. The number of rotatable bonds is 4. The van der Waals surface area contributed by atoms with E-state index >= 15 is 0 Å². The van der Waals surface area contributed by atoms with Crippen LogP contribution in [0.25, 0.3) is 10.8 Å². The van der Waals surface area contributed by atoms with Crippen molar-refractivity contribution in [1.29, 1.82) is 0 Å². The van der Waals surface area contributed by atoms with Crippen LogP contribution in [0, 0.1) is 0 Å². The van der Waals surface area contributed by atoms with Gasteiger partial charge in [0, 0.05) is 5.39 Å². The molecule has 2 rings (SSSR count). The van der Waals surface area contributed by atoms with Crippen molar-refractivity contribution in [2.75, 3.05) is 5.73 Å². The first kappa shape index (κ1) is 11.8. The maximum absolute atomic E-state index is 9.93. The van der Waals surface area contributed by atoms with Crippen LogP contribution >= 0.6 is 0 Å². The first-order chi connectivity index (χ1) is 8.24. The SMILES string of the molecule is CCCCCc1cccc2c(O)c(N)ccc12. The molecule has 0 saturated heterocycles. The fourth-order valence-corrected chi connectivity index (χ4v) is 2.21. The average molecular weight is 229 g/mol. The number of benzene rings is 2. The van der Waals surface area contributed by atoms with E-state index in [1.54, 1.807) is 6.07 Å². The van der Waals surface area contributed by atoms with Gasteiger partial charge in [-0.2, -0.15) is 0 Å². The summed E-state index contributed by atoms with van der Waals surface area (Å²) in [7, 11) is 0. The summed E-state index contributed by atoms with van der Waals surface area (Å²) < 4.78 is 0. The molecule has 90 valence electrons. The van der Waals surface area contributed by atoms with E-state index in [4.69, 9.17) is 5.73 Å². The first-order valence-corrected chi connectivity index (χ1v) is 6.23. The Morgan fingerprint density at radius 3 is 2.65 bits per heavy atom. The minimum Gasteiger partial charge on any atom is -0.505 e. The molecule has 0 aliphatic heterocycles. The number of unbranched alkanes of at least 4 members (excludes halogenated alkanes) is 2. The fraction of sp³-hybridized carbons (Fsp3) is 0.333. The smallest absolute Gasteiger partial charge is 0.146 e. The van der Waals surface area contributed by atoms with E-state index in [9.17, 15) is 5.11 Å². The van der Waals surface area contributed by atoms with Gasteiger partial charge in [0.05, 0.1) is 5.69 Å². The van der Waals surface area contributed by atoms with Crippen molar-refractivity contribution in [2.24, 2.45) is 0 Å². The molecule has 0 bridgehead atoms. The zero-order chi connectivity index (χ0) is 12.3. The molecule has 0 amide bonds. The highest BCUT2D eigenvalue weighted by Crippen LogP contribution is 2.32. The number of phenols is 1. The molecule has 0 radical (unpaired) electrons. The van der Waals surface area contributed by atoms with Crippen molar-refractivity contribution >= 4 is 16.5 Å². The highest BCUT2D eigenvalue weighted by Gasteiger charge is 2.06. The third kappa shape index (κ3) is 2.36. The van der Waals surface area contributed by atoms with E-state index in [0.29, 0.717) is 5.69 Å². The van der Waals surface area contributed by atoms with Gasteiger partial charge >= 0.3 is 0 Å². The molecule has 2 nitrogen and oxygen atoms in total. The monoisotopic (exact) mass is 229 g/mol. The lowest BCUT2D eigenvalue weighted by atomic mass is 9.99. The summed E-state index contributed by atoms with van der Waals surface area (Å²) >= 11 is 0. The molecular weight excluding hydrogens is 210 g/mol. The lowest BCUT2D eigenvalue weighted by Gasteiger charge is -2.09. The predicted molar refractivity (Wildman–Crippen MR) is 73.3 cm³/mol. The predicted octanol–water partition coefficient (Wildman–Crippen LogP) is 3.86. The minimum atomic E-state index is 0.208. The summed E-state index contributed by atoms with van der Waals surface area (Å²) in [4.78, 5) is 0. The van der Waals surface area contributed by atoms with Crippen LogP contribution in [0.4, 0.5) is 5.69 Å². The molecule has 0 heterocycles. The minimum absolute atomic E-state index is 0.208. The molecule has 0 spiro atoms. The van der Waals surface area contributed by atoms with Gasteiger partial charge < -0.3 is 10.8 Å². The molecule has 0 atom stereocenters. The van der Waals surface area contributed by atoms with E-state index in [-0.39, 0.29) is 5.75 Å². The second-order valence-corrected chi connectivity index (χ2v) is 4.47. The number of nitrogens with two attached hydrogens (primary N) is 1. The van der Waals surface area contributed by atoms with Crippen molar-refractivity contribution in [3.63, 3.8) is 0 Å². The summed E-state index contributed by atoms with van der Waals surface area (Å²) in [6.07, 6.45) is 4.73. The standard InChI is InChI=1S/C15H19NO/c1-2-3-4-6-11-7-5-8-13-12(11)9-10-14(16)15(13)17/h5,7-10,17H,2-4,6,16H2,1H3. The number of anilines is 1. The second-order valence-electron chi connectivity index (χ2n) is 4.47. The number of hydrogen-bond donors (Lipinski definition) is 2. The molecule has 17 heavy (non-hydrogen) atoms. The van der Waals surface area contributed by atoms with Crippen molar-refractivity contribution < 1.29 is 5.11 Å². The Morgan fingerprint density at radius 1 is 1.06 bits per heavy atom. The Kier molecular flexibility index (Phi) is 3.52. The Balaban J connectivity index is 2.40. The van der Waals surface area contributed by atoms with Gasteiger partial charge in [0.2, 0.25) is 0 Å². The molecule has 2 heteroatoms. The molecule has 0 aliphatic carbocycles. The van der Waals surface area contributed by atoms with Crippen LogP contribution < -0.4 is 5.73 Å². The van der Waals surface area contributed by atoms with E-state index in [0.717, 1.165) is 17.2 Å². The number of phenolic OH excluding ortho intramolecular Hbond substituents is 1. The average Bonchev–Trinajstić information content (AvgIpc) is 2.35. The van der Waals surface area contributed by atoms with Gasteiger partial charge in [0.1, 0.15) is 5.75 Å². The van der Waals surface area contributed by atoms with Gasteiger partial charge in [-0.1, -0.05) is 44.0 Å². The number of aryl methyl sites for hydroxylation is 1. The Bertz CT molecular complexity index is 520. The maximum atomic E-state index is 9.93. The molecule has 0 aliphatic rings. The second kappa shape index (κ2) is 5.09. The van der Waals surface area contributed by atoms with Crippen molar-refractivity contribution in [1.82, 2.24) is 0 Å². The van der Waals surface area contributed by atoms with Gasteiger partial charge in [-0.15, -0.1) is 0 Å². The van der Waals surface area contributed by atoms with Crippen molar-refractivity contribution in [2.45, 2.75) is 32.6 Å². The Hall–Kier alpha value is -1.70. The third-order valence-electron chi connectivity index (χ3n) is 3.20. The zero-order valence-electron chi connectivity index (χ0n) is 10.2. The van der Waals surface area contributed by atoms with Crippen LogP contribution in [0.15, 0.2) is 30.3 Å². The Labute approximate surface area is 102 Å². The summed E-state index contributed by atoms with van der Waals surface area (Å²) in [6.45, 7) is 2.20. The molecule has 2 aromatic rings. The molecule has 2 aromatic carbocycles. The summed E-state index contributed by atoms with van der Waals surface area (Å²) in [5.41, 5.74) is 7.45. The zero-order valence-corrected chi connectivity index (χ0v) is 10.2. The molecule has 0 fully saturated rings. The van der Waals surface area contributed by atoms with Crippen molar-refractivity contribution in [3.8, 4) is 5.75 Å². The molecular formula is C15H19NO. The first-order valence-electron chi connectivity index (χ1n) is 6.23. The molecule has 0 aromatic heterocycles. The summed E-state index contributed by atoms with van der Waals surface area (Å²) in [6, 6.07) is 9.83. The number of hydrogen-bond acceptors (Lipinski definition) is 2. The van der Waals surface area contributed by atoms with E-state index < -0.39 is 0 Å².